The summed E-state index contributed by atoms with van der Waals surface area (Å²) in [6.07, 6.45) is 24.4. The van der Waals surface area contributed by atoms with E-state index in [0.717, 1.165) is 123 Å². The third kappa shape index (κ3) is 87.1. The Morgan fingerprint density at radius 3 is 1.21 bits per heavy atom. The smallest absolute Gasteiger partial charge is 1.00 e. The van der Waals surface area contributed by atoms with Crippen LogP contribution in [0.15, 0.2) is 89.4 Å². The number of carbonyl (C=O) groups is 5. The fraction of sp³-hybridized carbons (Fsp3) is 0.607. The Bertz CT molecular complexity index is 3930. The average molecular weight is 2110 g/mol. The Labute approximate surface area is 881 Å². The largest absolute Gasteiger partial charge is 1.00 e. The summed E-state index contributed by atoms with van der Waals surface area (Å²) in [5, 5.41) is 28.0. The number of aliphatic carboxylic acids is 1. The average Bonchev–Trinajstić information content (AvgIpc) is 0.896. The first kappa shape index (κ1) is 146. The molecule has 0 bridgehead atoms. The molecule has 4 N–H and O–H groups in total. The molecule has 5 aromatic rings. The van der Waals surface area contributed by atoms with Crippen molar-refractivity contribution < 1.29 is 198 Å². The van der Waals surface area contributed by atoms with Crippen molar-refractivity contribution in [1.29, 1.82) is 0 Å². The summed E-state index contributed by atoms with van der Waals surface area (Å²) in [7, 11) is -6.72. The van der Waals surface area contributed by atoms with Gasteiger partial charge < -0.3 is 55.6 Å². The van der Waals surface area contributed by atoms with Crippen LogP contribution in [0.1, 0.15) is 281 Å². The van der Waals surface area contributed by atoms with Crippen LogP contribution >= 0.6 is 101 Å². The van der Waals surface area contributed by atoms with Crippen molar-refractivity contribution in [3.8, 4) is 0 Å². The number of nitrogens with zero attached hydrogens (tertiary/aromatic N) is 6. The molecular formula is C89H142Cl8F6KN6NaO18PS-. The fourth-order valence-corrected chi connectivity index (χ4v) is 11.4. The number of esters is 2. The van der Waals surface area contributed by atoms with E-state index < -0.39 is 35.8 Å². The van der Waals surface area contributed by atoms with Crippen LogP contribution in [0, 0.1) is 18.8 Å². The number of aromatic nitrogens is 4. The van der Waals surface area contributed by atoms with Gasteiger partial charge in [0.2, 0.25) is 0 Å². The number of carboxylic acids is 1. The number of carboxylic acid groups (broad SMARTS) is 1. The minimum absolute atomic E-state index is 0. The normalized spacial score (nSPS) is 13.6. The Morgan fingerprint density at radius 1 is 0.588 bits per heavy atom. The van der Waals surface area contributed by atoms with E-state index >= 15 is 0 Å². The van der Waals surface area contributed by atoms with Gasteiger partial charge >= 0.3 is 126 Å². The van der Waals surface area contributed by atoms with Gasteiger partial charge in [-0.25, -0.2) is 4.58 Å². The number of aryl methyl sites for hydroxylation is 1. The Balaban J connectivity index is -0.000000156. The van der Waals surface area contributed by atoms with Crippen LogP contribution in [0.5, 0.6) is 0 Å². The van der Waals surface area contributed by atoms with Crippen molar-refractivity contribution in [3.63, 3.8) is 0 Å². The molecule has 131 heavy (non-hydrogen) atoms. The topological polar surface area (TPSA) is 340 Å². The molecular weight excluding hydrogens is 1960 g/mol. The van der Waals surface area contributed by atoms with Crippen LogP contribution in [0.25, 0.3) is 0 Å². The van der Waals surface area contributed by atoms with Crippen LogP contribution in [-0.4, -0.2) is 194 Å². The van der Waals surface area contributed by atoms with Crippen LogP contribution in [0.3, 0.4) is 0 Å². The number of hydrogen-bond acceptors (Lipinski definition) is 22. The van der Waals surface area contributed by atoms with Gasteiger partial charge in [0, 0.05) is 137 Å². The maximum Gasteiger partial charge on any atom is 1.00 e. The van der Waals surface area contributed by atoms with Crippen LogP contribution in [0.4, 0.5) is 25.2 Å². The second kappa shape index (κ2) is 85.1. The molecule has 3 fully saturated rings. The van der Waals surface area contributed by atoms with E-state index in [0.29, 0.717) is 68.1 Å². The van der Waals surface area contributed by atoms with Crippen LogP contribution in [0.2, 0.25) is 20.1 Å². The Morgan fingerprint density at radius 2 is 0.916 bits per heavy atom. The van der Waals surface area contributed by atoms with Gasteiger partial charge in [-0.2, -0.15) is 8.42 Å². The molecule has 0 saturated carbocycles. The number of halogens is 14. The van der Waals surface area contributed by atoms with Gasteiger partial charge in [-0.3, -0.25) is 54.4 Å². The van der Waals surface area contributed by atoms with E-state index in [-0.39, 0.29) is 160 Å². The minimum atomic E-state index is -10.7. The molecule has 3 aliphatic rings. The first-order chi connectivity index (χ1) is 59.7. The summed E-state index contributed by atoms with van der Waals surface area (Å²) in [6.45, 7) is 39.4. The van der Waals surface area contributed by atoms with Crippen molar-refractivity contribution in [2.75, 3.05) is 93.0 Å². The number of allylic oxidation sites excluding steroid dienone is 1. The number of ether oxygens (including phenoxy) is 5. The number of aliphatic hydroxyl groups excluding tert-OH is 2. The second-order valence-corrected chi connectivity index (χ2v) is 35.5. The maximum atomic E-state index is 12.3. The van der Waals surface area contributed by atoms with Crippen molar-refractivity contribution in [1.82, 2.24) is 24.8 Å². The zero-order valence-electron chi connectivity index (χ0n) is 81.5. The molecule has 3 saturated heterocycles. The number of carbonyl (C=O) groups excluding carboxylic acids is 5. The molecule has 24 nitrogen and oxygen atoms in total. The molecule has 4 aromatic heterocycles. The van der Waals surface area contributed by atoms with E-state index in [1.165, 1.54) is 56.9 Å². The van der Waals surface area contributed by atoms with Crippen LogP contribution < -0.4 is 80.9 Å². The molecule has 0 aliphatic carbocycles. The zero-order valence-corrected chi connectivity index (χ0v) is 93.4. The van der Waals surface area contributed by atoms with Crippen molar-refractivity contribution in [2.24, 2.45) is 11.8 Å². The van der Waals surface area contributed by atoms with E-state index in [1.54, 1.807) is 89.7 Å². The number of hydrogen-bond donors (Lipinski definition) is 3. The first-order valence-electron chi connectivity index (χ1n) is 41.9. The van der Waals surface area contributed by atoms with Crippen molar-refractivity contribution >= 4 is 153 Å². The summed E-state index contributed by atoms with van der Waals surface area (Å²) in [5.74, 6) is -0.0502. The molecule has 3 aliphatic heterocycles. The standard InChI is InChI=1S/C17H20ClNO3S.C11H14ClNO.C10H13Cl2N.C10H14ClNO.C9H16O3.C7H14ClN2.C5H7O3.C5H10O2.3C4H8O.C2H6O.CH2Cl2.F6P.K.Na.H2O.H/c1-4-13(3)17-14(9-15(18)10-19-17)11-22-23(20,21)16-7-5-12(2)6-8-16;1-4-7(2)11-10(8(3)14)5-9(12)6-13-11;1-3-7(2)10-8(5-11)4-9(12)6-13-10;1-3-7(2)10-8(6-13)4-9(11)5-12-10;1-4-7(3)8(10)6-9(11)12-5-2;1-9(2)5-7(8)6-10(3)4;1-2-8-5(7)3-4-6;1-3-4(2)5(6)7;3*1-2-4-5-3-1;1-2-3;2-1-3;1-7(2,3,4,5)6;;;;/h5-10,13H,4,11H2,1-3H3;5-7H,4H2,1-3H3;4,6-7H,3,5H2,1-2H3;4-5,7,13H,3,6H2,1-2H3;7H,4-6H2,1-3H3;5-6H,1-4H3;2-3H2,1H3;4H,3H2,1-2H3,(H,6,7);3*1-4H2;3H,2H2,1H3;1H2;;;;1H2;/q;;;;;+1;-1;;;;;;;-1;2*+1;;-1/p-1/t13-;4*7-;;;4-;;;;;;;;;;/m00000..0........../s1. The Kier molecular flexibility index (Phi) is 94.8. The molecule has 8 rings (SSSR count). The van der Waals surface area contributed by atoms with E-state index in [4.69, 9.17) is 127 Å². The van der Waals surface area contributed by atoms with E-state index in [1.807, 2.05) is 90.8 Å². The van der Waals surface area contributed by atoms with Gasteiger partial charge in [0.05, 0.1) is 68.4 Å². The predicted molar refractivity (Wildman–Crippen MR) is 512 cm³/mol. The first-order valence-corrected chi connectivity index (χ1v) is 48.8. The summed E-state index contributed by atoms with van der Waals surface area (Å²) in [4.78, 5) is 82.0. The molecule has 0 spiro atoms. The van der Waals surface area contributed by atoms with Gasteiger partial charge in [-0.15, -0.1) is 34.8 Å². The Hall–Kier alpha value is -2.91. The second-order valence-electron chi connectivity index (χ2n) is 28.7. The van der Waals surface area contributed by atoms with Gasteiger partial charge in [0.1, 0.15) is 31.3 Å². The fourth-order valence-electron chi connectivity index (χ4n) is 9.23. The summed E-state index contributed by atoms with van der Waals surface area (Å²) < 4.78 is 115. The number of Topliss-reactive ketones (excluding diaryl/α,β-unsaturated/α-hetero) is 2. The SMILES string of the molecule is C1CCOC1.C1CCOC1.C1CCOC1.CCO.CCOC(=O)CC(=O)[C@@H](C)CC.CCOC(=O)C[C-]=O.CC[C@H](C)C(=O)O.CC[C@H](C)c1ncc(Cl)cc1C(C)=O.CC[C@H](C)c1ncc(Cl)cc1CCl.CC[C@H](C)c1ncc(Cl)cc1CO.CC[C@H](C)c1ncc(Cl)cc1COS(=O)(=O)c1ccc(C)cc1.CN(C)/C=C(\Cl)C=[N+](C)C.ClCCl.F[P-](F)(F)(F)(F)F.[H-].[K+].[Na+].[OH-]. The van der Waals surface area contributed by atoms with Gasteiger partial charge in [-0.1, -0.05) is 165 Å². The molecule has 0 unspecified atom stereocenters. The van der Waals surface area contributed by atoms with E-state index in [2.05, 4.69) is 77.9 Å². The van der Waals surface area contributed by atoms with Gasteiger partial charge in [-0.05, 0) is 177 Å². The maximum absolute atomic E-state index is 12.3. The van der Waals surface area contributed by atoms with Crippen molar-refractivity contribution in [2.45, 2.75) is 255 Å². The van der Waals surface area contributed by atoms with Crippen molar-refractivity contribution in [3.05, 3.63) is 155 Å². The molecule has 7 heterocycles. The van der Waals surface area contributed by atoms with Gasteiger partial charge in [0.25, 0.3) is 16.1 Å². The number of ketones is 2. The molecule has 0 amide bonds. The summed E-state index contributed by atoms with van der Waals surface area (Å²) in [6, 6.07) is 13.6. The number of pyridine rings is 4. The minimum Gasteiger partial charge on any atom is -1.00 e. The molecule has 0 radical (unpaired) electrons. The third-order valence-electron chi connectivity index (χ3n) is 17.1. The summed E-state index contributed by atoms with van der Waals surface area (Å²) >= 11 is 44.5. The number of alkyl halides is 3. The molecule has 6 atom stereocenters. The third-order valence-corrected chi connectivity index (χ3v) is 19.7. The van der Waals surface area contributed by atoms with Gasteiger partial charge in [0.15, 0.2) is 12.0 Å². The number of rotatable bonds is 27. The monoisotopic (exact) mass is 2100 g/mol. The number of aliphatic hydroxyl groups is 2. The molecule has 42 heteroatoms. The predicted octanol–water partition coefficient (Wildman–Crippen LogP) is 19.5. The quantitative estimate of drug-likeness (QED) is 0.00376. The van der Waals surface area contributed by atoms with Crippen LogP contribution in [-0.2, 0) is 81.1 Å². The zero-order chi connectivity index (χ0) is 99.8. The molecule has 1 aromatic carbocycles. The molecule has 748 valence electrons. The summed E-state index contributed by atoms with van der Waals surface area (Å²) in [5.41, 5.74) is 7.90. The van der Waals surface area contributed by atoms with E-state index in [9.17, 15) is 62.4 Å². The number of benzene rings is 1.